The van der Waals surface area contributed by atoms with Crippen molar-refractivity contribution < 1.29 is 14.6 Å². The minimum absolute atomic E-state index is 0.548. The molecule has 0 saturated heterocycles. The number of rotatable bonds is 2. The summed E-state index contributed by atoms with van der Waals surface area (Å²) in [5.74, 6) is 1.39. The third kappa shape index (κ3) is 2.60. The van der Waals surface area contributed by atoms with Gasteiger partial charge < -0.3 is 14.6 Å². The Kier molecular flexibility index (Phi) is 3.81. The molecule has 1 heterocycles. The minimum Gasteiger partial charge on any atom is -0.490 e. The van der Waals surface area contributed by atoms with Crippen molar-refractivity contribution in [1.82, 2.24) is 0 Å². The first-order valence-corrected chi connectivity index (χ1v) is 6.95. The standard InChI is InChI=1S/C16H15ClO3/c17-13-5-2-1-4-12(13)16(18)11-6-7-14-15(10-11)20-9-3-8-19-14/h1-2,4-7,10,16,18H,3,8-9H2. The smallest absolute Gasteiger partial charge is 0.161 e. The Morgan fingerprint density at radius 2 is 1.75 bits per heavy atom. The van der Waals surface area contributed by atoms with Crippen LogP contribution in [-0.4, -0.2) is 18.3 Å². The zero-order valence-corrected chi connectivity index (χ0v) is 11.6. The number of fused-ring (bicyclic) bond motifs is 1. The first kappa shape index (κ1) is 13.3. The van der Waals surface area contributed by atoms with E-state index in [1.54, 1.807) is 6.07 Å². The van der Waals surface area contributed by atoms with Crippen LogP contribution in [0.25, 0.3) is 0 Å². The molecule has 1 atom stereocenters. The number of aliphatic hydroxyl groups is 1. The van der Waals surface area contributed by atoms with Gasteiger partial charge in [-0.25, -0.2) is 0 Å². The predicted molar refractivity (Wildman–Crippen MR) is 77.6 cm³/mol. The zero-order valence-electron chi connectivity index (χ0n) is 10.9. The number of hydrogen-bond acceptors (Lipinski definition) is 3. The van der Waals surface area contributed by atoms with Crippen LogP contribution in [0.1, 0.15) is 23.7 Å². The maximum atomic E-state index is 10.5. The molecule has 1 N–H and O–H groups in total. The van der Waals surface area contributed by atoms with Crippen molar-refractivity contribution in [2.75, 3.05) is 13.2 Å². The third-order valence-corrected chi connectivity index (χ3v) is 3.63. The number of benzene rings is 2. The van der Waals surface area contributed by atoms with Gasteiger partial charge in [0, 0.05) is 17.0 Å². The van der Waals surface area contributed by atoms with Crippen LogP contribution >= 0.6 is 11.6 Å². The lowest BCUT2D eigenvalue weighted by molar-refractivity contribution is 0.219. The summed E-state index contributed by atoms with van der Waals surface area (Å²) in [6.07, 6.45) is 0.0812. The van der Waals surface area contributed by atoms with Gasteiger partial charge in [-0.2, -0.15) is 0 Å². The summed E-state index contributed by atoms with van der Waals surface area (Å²) >= 11 is 6.12. The van der Waals surface area contributed by atoms with Crippen LogP contribution in [0, 0.1) is 0 Å². The molecule has 0 amide bonds. The topological polar surface area (TPSA) is 38.7 Å². The first-order chi connectivity index (χ1) is 9.75. The molecule has 1 aliphatic heterocycles. The van der Waals surface area contributed by atoms with E-state index >= 15 is 0 Å². The van der Waals surface area contributed by atoms with Gasteiger partial charge >= 0.3 is 0 Å². The van der Waals surface area contributed by atoms with Gasteiger partial charge in [0.1, 0.15) is 6.10 Å². The molecule has 0 spiro atoms. The Bertz CT molecular complexity index is 612. The van der Waals surface area contributed by atoms with Crippen molar-refractivity contribution in [3.05, 3.63) is 58.6 Å². The van der Waals surface area contributed by atoms with Gasteiger partial charge in [0.05, 0.1) is 13.2 Å². The Hall–Kier alpha value is -1.71. The molecular weight excluding hydrogens is 276 g/mol. The van der Waals surface area contributed by atoms with Crippen LogP contribution in [0.2, 0.25) is 5.02 Å². The van der Waals surface area contributed by atoms with Gasteiger partial charge in [-0.15, -0.1) is 0 Å². The maximum absolute atomic E-state index is 10.5. The van der Waals surface area contributed by atoms with Crippen LogP contribution in [-0.2, 0) is 0 Å². The van der Waals surface area contributed by atoms with E-state index in [-0.39, 0.29) is 0 Å². The summed E-state index contributed by atoms with van der Waals surface area (Å²) in [5, 5.41) is 11.0. The highest BCUT2D eigenvalue weighted by Gasteiger charge is 2.17. The molecule has 4 heteroatoms. The van der Waals surface area contributed by atoms with Crippen molar-refractivity contribution in [2.45, 2.75) is 12.5 Å². The zero-order chi connectivity index (χ0) is 13.9. The molecule has 2 aromatic carbocycles. The fourth-order valence-corrected chi connectivity index (χ4v) is 2.47. The number of halogens is 1. The molecule has 0 aliphatic carbocycles. The van der Waals surface area contributed by atoms with Gasteiger partial charge in [-0.1, -0.05) is 35.9 Å². The monoisotopic (exact) mass is 290 g/mol. The van der Waals surface area contributed by atoms with Crippen LogP contribution in [0.3, 0.4) is 0 Å². The second kappa shape index (κ2) is 5.73. The van der Waals surface area contributed by atoms with Crippen LogP contribution < -0.4 is 9.47 Å². The number of ether oxygens (including phenoxy) is 2. The maximum Gasteiger partial charge on any atom is 0.161 e. The SMILES string of the molecule is OC(c1ccc2c(c1)OCCCO2)c1ccccc1Cl. The second-order valence-corrected chi connectivity index (χ2v) is 5.09. The summed E-state index contributed by atoms with van der Waals surface area (Å²) < 4.78 is 11.2. The Morgan fingerprint density at radius 3 is 2.55 bits per heavy atom. The predicted octanol–water partition coefficient (Wildman–Crippen LogP) is 3.58. The van der Waals surface area contributed by atoms with E-state index in [0.29, 0.717) is 29.5 Å². The van der Waals surface area contributed by atoms with Crippen LogP contribution in [0.5, 0.6) is 11.5 Å². The quantitative estimate of drug-likeness (QED) is 0.919. The fraction of sp³-hybridized carbons (Fsp3) is 0.250. The molecule has 0 saturated carbocycles. The van der Waals surface area contributed by atoms with Crippen LogP contribution in [0.4, 0.5) is 0 Å². The van der Waals surface area contributed by atoms with Crippen molar-refractivity contribution in [3.8, 4) is 11.5 Å². The average molecular weight is 291 g/mol. The van der Waals surface area contributed by atoms with Crippen LogP contribution in [0.15, 0.2) is 42.5 Å². The van der Waals surface area contributed by atoms with E-state index in [2.05, 4.69) is 0 Å². The average Bonchev–Trinajstić information content (AvgIpc) is 2.71. The second-order valence-electron chi connectivity index (χ2n) is 4.68. The highest BCUT2D eigenvalue weighted by atomic mass is 35.5. The van der Waals surface area contributed by atoms with Gasteiger partial charge in [0.2, 0.25) is 0 Å². The lowest BCUT2D eigenvalue weighted by Gasteiger charge is -2.15. The van der Waals surface area contributed by atoms with E-state index in [4.69, 9.17) is 21.1 Å². The Balaban J connectivity index is 1.94. The first-order valence-electron chi connectivity index (χ1n) is 6.58. The Labute approximate surface area is 122 Å². The molecule has 2 aromatic rings. The minimum atomic E-state index is -0.777. The molecule has 1 unspecified atom stereocenters. The van der Waals surface area contributed by atoms with Crippen molar-refractivity contribution in [2.24, 2.45) is 0 Å². The molecule has 0 radical (unpaired) electrons. The lowest BCUT2D eigenvalue weighted by Crippen LogP contribution is -2.01. The number of aliphatic hydroxyl groups excluding tert-OH is 1. The molecule has 0 bridgehead atoms. The van der Waals surface area contributed by atoms with Gasteiger partial charge in [0.15, 0.2) is 11.5 Å². The van der Waals surface area contributed by atoms with E-state index in [9.17, 15) is 5.11 Å². The summed E-state index contributed by atoms with van der Waals surface area (Å²) in [6.45, 7) is 1.28. The Morgan fingerprint density at radius 1 is 1.00 bits per heavy atom. The van der Waals surface area contributed by atoms with Gasteiger partial charge in [-0.3, -0.25) is 0 Å². The molecule has 1 aliphatic rings. The fourth-order valence-electron chi connectivity index (χ4n) is 2.23. The molecule has 0 fully saturated rings. The van der Waals surface area contributed by atoms with Crippen molar-refractivity contribution in [1.29, 1.82) is 0 Å². The summed E-state index contributed by atoms with van der Waals surface area (Å²) in [7, 11) is 0. The lowest BCUT2D eigenvalue weighted by atomic mass is 10.0. The van der Waals surface area contributed by atoms with Crippen molar-refractivity contribution >= 4 is 11.6 Å². The molecule has 3 nitrogen and oxygen atoms in total. The summed E-state index contributed by atoms with van der Waals surface area (Å²) in [5.41, 5.74) is 1.42. The normalized spacial score (nSPS) is 15.5. The van der Waals surface area contributed by atoms with E-state index in [0.717, 1.165) is 17.7 Å². The highest BCUT2D eigenvalue weighted by Crippen LogP contribution is 2.35. The molecule has 20 heavy (non-hydrogen) atoms. The molecule has 104 valence electrons. The summed E-state index contributed by atoms with van der Waals surface area (Å²) in [4.78, 5) is 0. The summed E-state index contributed by atoms with van der Waals surface area (Å²) in [6, 6.07) is 12.8. The van der Waals surface area contributed by atoms with Gasteiger partial charge in [0.25, 0.3) is 0 Å². The molecular formula is C16H15ClO3. The number of hydrogen-bond donors (Lipinski definition) is 1. The van der Waals surface area contributed by atoms with E-state index < -0.39 is 6.10 Å². The van der Waals surface area contributed by atoms with E-state index in [1.165, 1.54) is 0 Å². The molecule has 3 rings (SSSR count). The van der Waals surface area contributed by atoms with Gasteiger partial charge in [-0.05, 0) is 23.8 Å². The highest BCUT2D eigenvalue weighted by molar-refractivity contribution is 6.31. The van der Waals surface area contributed by atoms with E-state index in [1.807, 2.05) is 36.4 Å². The van der Waals surface area contributed by atoms with Crippen molar-refractivity contribution in [3.63, 3.8) is 0 Å². The third-order valence-electron chi connectivity index (χ3n) is 3.29. The largest absolute Gasteiger partial charge is 0.490 e. The molecule has 0 aromatic heterocycles.